The lowest BCUT2D eigenvalue weighted by Gasteiger charge is -2.28. The number of amides is 1. The van der Waals surface area contributed by atoms with Crippen LogP contribution < -0.4 is 4.90 Å². The Bertz CT molecular complexity index is 471. The van der Waals surface area contributed by atoms with Crippen LogP contribution in [0.4, 0.5) is 5.69 Å². The number of para-hydroxylation sites is 1. The Balaban J connectivity index is 2.80. The number of carboxylic acid groups (broad SMARTS) is 1. The van der Waals surface area contributed by atoms with Gasteiger partial charge in [0.2, 0.25) is 5.91 Å². The van der Waals surface area contributed by atoms with Gasteiger partial charge in [-0.05, 0) is 39.8 Å². The zero-order valence-corrected chi connectivity index (χ0v) is 13.1. The number of carbonyl (C=O) groups is 2. The molecule has 1 aromatic carbocycles. The first-order valence-corrected chi connectivity index (χ1v) is 7.48. The fourth-order valence-corrected chi connectivity index (χ4v) is 2.44. The van der Waals surface area contributed by atoms with E-state index in [0.717, 1.165) is 17.4 Å². The van der Waals surface area contributed by atoms with Crippen LogP contribution in [0, 0.1) is 0 Å². The zero-order chi connectivity index (χ0) is 15.3. The lowest BCUT2D eigenvalue weighted by molar-refractivity contribution is -0.138. The van der Waals surface area contributed by atoms with E-state index in [1.165, 1.54) is 0 Å². The molecule has 0 radical (unpaired) electrons. The second-order valence-corrected chi connectivity index (χ2v) is 6.90. The Hall–Kier alpha value is -1.49. The van der Waals surface area contributed by atoms with E-state index >= 15 is 0 Å². The molecule has 0 spiro atoms. The van der Waals surface area contributed by atoms with Crippen LogP contribution in [0.25, 0.3) is 0 Å². The molecule has 1 rings (SSSR count). The average Bonchev–Trinajstić information content (AvgIpc) is 2.37. The molecule has 0 aromatic heterocycles. The van der Waals surface area contributed by atoms with Crippen molar-refractivity contribution < 1.29 is 14.7 Å². The molecule has 1 N–H and O–H groups in total. The van der Waals surface area contributed by atoms with E-state index in [0.29, 0.717) is 0 Å². The number of hydrogen-bond acceptors (Lipinski definition) is 3. The molecule has 0 atom stereocenters. The number of carbonyl (C=O) groups excluding carboxylic acids is 1. The number of benzene rings is 1. The van der Waals surface area contributed by atoms with Gasteiger partial charge in [0, 0.05) is 11.7 Å². The van der Waals surface area contributed by atoms with Gasteiger partial charge in [0.1, 0.15) is 4.75 Å². The highest BCUT2D eigenvalue weighted by atomic mass is 32.2. The quantitative estimate of drug-likeness (QED) is 0.876. The van der Waals surface area contributed by atoms with Gasteiger partial charge in [-0.1, -0.05) is 18.2 Å². The average molecular weight is 295 g/mol. The van der Waals surface area contributed by atoms with Crippen molar-refractivity contribution in [2.75, 3.05) is 10.7 Å². The van der Waals surface area contributed by atoms with E-state index in [9.17, 15) is 9.59 Å². The predicted molar refractivity (Wildman–Crippen MR) is 83.2 cm³/mol. The number of nitrogens with zero attached hydrogens (tertiary/aromatic N) is 1. The number of carboxylic acids is 1. The van der Waals surface area contributed by atoms with Gasteiger partial charge in [0.05, 0.1) is 5.75 Å². The molecule has 1 aromatic rings. The minimum absolute atomic E-state index is 0.0263. The highest BCUT2D eigenvalue weighted by molar-refractivity contribution is 8.02. The van der Waals surface area contributed by atoms with Gasteiger partial charge in [-0.2, -0.15) is 0 Å². The van der Waals surface area contributed by atoms with Gasteiger partial charge in [-0.15, -0.1) is 11.8 Å². The van der Waals surface area contributed by atoms with Crippen molar-refractivity contribution in [3.8, 4) is 0 Å². The minimum atomic E-state index is -0.963. The second kappa shape index (κ2) is 6.79. The molecule has 0 aliphatic carbocycles. The first-order chi connectivity index (χ1) is 9.25. The van der Waals surface area contributed by atoms with E-state index in [1.807, 2.05) is 44.2 Å². The molecule has 20 heavy (non-hydrogen) atoms. The summed E-state index contributed by atoms with van der Waals surface area (Å²) in [6.07, 6.45) is 0. The molecule has 0 bridgehead atoms. The highest BCUT2D eigenvalue weighted by Crippen LogP contribution is 2.26. The molecule has 0 aliphatic heterocycles. The maximum atomic E-state index is 12.4. The smallest absolute Gasteiger partial charge is 0.319 e. The molecule has 0 fully saturated rings. The lowest BCUT2D eigenvalue weighted by Crippen LogP contribution is -2.39. The minimum Gasteiger partial charge on any atom is -0.480 e. The summed E-state index contributed by atoms with van der Waals surface area (Å²) in [5, 5.41) is 9.07. The molecule has 0 heterocycles. The van der Waals surface area contributed by atoms with Gasteiger partial charge >= 0.3 is 5.97 Å². The monoisotopic (exact) mass is 295 g/mol. The van der Waals surface area contributed by atoms with Crippen molar-refractivity contribution in [2.45, 2.75) is 38.5 Å². The van der Waals surface area contributed by atoms with Gasteiger partial charge in [-0.3, -0.25) is 9.59 Å². The molecule has 110 valence electrons. The molecule has 0 saturated carbocycles. The fourth-order valence-electron chi connectivity index (χ4n) is 1.69. The Morgan fingerprint density at radius 1 is 1.25 bits per heavy atom. The standard InChI is InChI=1S/C15H21NO3S/c1-11(2)16(12-8-6-5-7-9-12)13(17)10-20-15(3,4)14(18)19/h5-9,11H,10H2,1-4H3,(H,18,19). The van der Waals surface area contributed by atoms with Crippen LogP contribution in [0.1, 0.15) is 27.7 Å². The number of hydrogen-bond donors (Lipinski definition) is 1. The molecule has 1 amide bonds. The van der Waals surface area contributed by atoms with Crippen LogP contribution in [0.15, 0.2) is 30.3 Å². The van der Waals surface area contributed by atoms with Gasteiger partial charge < -0.3 is 10.0 Å². The number of aliphatic carboxylic acids is 1. The Morgan fingerprint density at radius 2 is 1.80 bits per heavy atom. The van der Waals surface area contributed by atoms with Gasteiger partial charge in [0.25, 0.3) is 0 Å². The molecule has 4 nitrogen and oxygen atoms in total. The van der Waals surface area contributed by atoms with E-state index in [4.69, 9.17) is 5.11 Å². The third kappa shape index (κ3) is 4.27. The van der Waals surface area contributed by atoms with Gasteiger partial charge in [0.15, 0.2) is 0 Å². The van der Waals surface area contributed by atoms with E-state index in [1.54, 1.807) is 18.7 Å². The van der Waals surface area contributed by atoms with Crippen LogP contribution in [0.5, 0.6) is 0 Å². The van der Waals surface area contributed by atoms with E-state index in [-0.39, 0.29) is 17.7 Å². The highest BCUT2D eigenvalue weighted by Gasteiger charge is 2.30. The second-order valence-electron chi connectivity index (χ2n) is 5.30. The van der Waals surface area contributed by atoms with Gasteiger partial charge in [-0.25, -0.2) is 0 Å². The topological polar surface area (TPSA) is 57.6 Å². The van der Waals surface area contributed by atoms with Crippen LogP contribution in [0.2, 0.25) is 0 Å². The maximum absolute atomic E-state index is 12.4. The predicted octanol–water partition coefficient (Wildman–Crippen LogP) is 3.02. The first-order valence-electron chi connectivity index (χ1n) is 6.50. The van der Waals surface area contributed by atoms with E-state index < -0.39 is 10.7 Å². The maximum Gasteiger partial charge on any atom is 0.319 e. The van der Waals surface area contributed by atoms with Crippen molar-refractivity contribution in [3.05, 3.63) is 30.3 Å². The van der Waals surface area contributed by atoms with Crippen molar-refractivity contribution in [2.24, 2.45) is 0 Å². The summed E-state index contributed by atoms with van der Waals surface area (Å²) in [7, 11) is 0. The zero-order valence-electron chi connectivity index (χ0n) is 12.3. The van der Waals surface area contributed by atoms with Crippen molar-refractivity contribution in [3.63, 3.8) is 0 Å². The largest absolute Gasteiger partial charge is 0.480 e. The van der Waals surface area contributed by atoms with Crippen LogP contribution >= 0.6 is 11.8 Å². The summed E-state index contributed by atoms with van der Waals surface area (Å²) >= 11 is 1.14. The molecule has 0 unspecified atom stereocenters. The number of anilines is 1. The van der Waals surface area contributed by atoms with Crippen molar-refractivity contribution >= 4 is 29.3 Å². The Morgan fingerprint density at radius 3 is 2.25 bits per heavy atom. The van der Waals surface area contributed by atoms with Crippen molar-refractivity contribution in [1.82, 2.24) is 0 Å². The first kappa shape index (κ1) is 16.6. The van der Waals surface area contributed by atoms with Crippen LogP contribution in [-0.4, -0.2) is 33.5 Å². The van der Waals surface area contributed by atoms with Crippen LogP contribution in [0.3, 0.4) is 0 Å². The Kier molecular flexibility index (Phi) is 5.62. The summed E-state index contributed by atoms with van der Waals surface area (Å²) in [5.74, 6) is -0.844. The molecule has 5 heteroatoms. The fraction of sp³-hybridized carbons (Fsp3) is 0.467. The summed E-state index contributed by atoms with van der Waals surface area (Å²) in [5.41, 5.74) is 0.834. The molecular formula is C15H21NO3S. The third-order valence-electron chi connectivity index (χ3n) is 2.89. The van der Waals surface area contributed by atoms with Crippen LogP contribution in [-0.2, 0) is 9.59 Å². The summed E-state index contributed by atoms with van der Waals surface area (Å²) in [4.78, 5) is 25.1. The summed E-state index contributed by atoms with van der Waals surface area (Å²) in [6.45, 7) is 7.10. The molecule has 0 aliphatic rings. The normalized spacial score (nSPS) is 11.4. The van der Waals surface area contributed by atoms with Crippen molar-refractivity contribution in [1.29, 1.82) is 0 Å². The SMILES string of the molecule is CC(C)N(C(=O)CSC(C)(C)C(=O)O)c1ccccc1. The summed E-state index contributed by atoms with van der Waals surface area (Å²) < 4.78 is -0.963. The summed E-state index contributed by atoms with van der Waals surface area (Å²) in [6, 6.07) is 9.45. The lowest BCUT2D eigenvalue weighted by atomic mass is 10.2. The third-order valence-corrected chi connectivity index (χ3v) is 4.18. The number of thioether (sulfide) groups is 1. The molecule has 0 saturated heterocycles. The molecular weight excluding hydrogens is 274 g/mol. The van der Waals surface area contributed by atoms with E-state index in [2.05, 4.69) is 0 Å². The Labute approximate surface area is 124 Å². The number of rotatable bonds is 6.